The Morgan fingerprint density at radius 3 is 2.91 bits per heavy atom. The number of aryl methyl sites for hydroxylation is 1. The van der Waals surface area contributed by atoms with E-state index in [1.165, 1.54) is 0 Å². The molecule has 0 fully saturated rings. The summed E-state index contributed by atoms with van der Waals surface area (Å²) in [5.41, 5.74) is 0.958. The van der Waals surface area contributed by atoms with Gasteiger partial charge in [-0.2, -0.15) is 5.10 Å². The molecule has 1 heterocycles. The Kier molecular flexibility index (Phi) is 2.91. The van der Waals surface area contributed by atoms with E-state index in [4.69, 9.17) is 16.7 Å². The average molecular weight is 175 g/mol. The van der Waals surface area contributed by atoms with Gasteiger partial charge in [0.15, 0.2) is 0 Å². The summed E-state index contributed by atoms with van der Waals surface area (Å²) < 4.78 is 1.79. The number of aliphatic hydroxyl groups is 1. The summed E-state index contributed by atoms with van der Waals surface area (Å²) in [6.07, 6.45) is 2.34. The van der Waals surface area contributed by atoms with Crippen molar-refractivity contribution in [2.75, 3.05) is 6.61 Å². The van der Waals surface area contributed by atoms with Gasteiger partial charge in [0, 0.05) is 13.2 Å². The minimum absolute atomic E-state index is 0.191. The first-order valence-corrected chi connectivity index (χ1v) is 3.92. The highest BCUT2D eigenvalue weighted by molar-refractivity contribution is 6.31. The molecule has 0 atom stereocenters. The van der Waals surface area contributed by atoms with E-state index < -0.39 is 0 Å². The standard InChI is InChI=1S/C7H11ClN2O/c1-6-7(8)5-9-10(6)3-2-4-11/h5,11H,2-4H2,1H3. The quantitative estimate of drug-likeness (QED) is 0.749. The Balaban J connectivity index is 2.63. The van der Waals surface area contributed by atoms with Crippen LogP contribution in [0.2, 0.25) is 5.02 Å². The van der Waals surface area contributed by atoms with Crippen LogP contribution in [0.15, 0.2) is 6.20 Å². The smallest absolute Gasteiger partial charge is 0.0814 e. The van der Waals surface area contributed by atoms with Crippen molar-refractivity contribution < 1.29 is 5.11 Å². The topological polar surface area (TPSA) is 38.0 Å². The van der Waals surface area contributed by atoms with Crippen molar-refractivity contribution in [3.05, 3.63) is 16.9 Å². The Morgan fingerprint density at radius 2 is 2.45 bits per heavy atom. The van der Waals surface area contributed by atoms with Crippen molar-refractivity contribution in [2.24, 2.45) is 0 Å². The van der Waals surface area contributed by atoms with E-state index in [9.17, 15) is 0 Å². The van der Waals surface area contributed by atoms with Gasteiger partial charge in [0.25, 0.3) is 0 Å². The second kappa shape index (κ2) is 3.74. The zero-order chi connectivity index (χ0) is 8.27. The third-order valence-corrected chi connectivity index (χ3v) is 1.94. The fraction of sp³-hybridized carbons (Fsp3) is 0.571. The molecule has 11 heavy (non-hydrogen) atoms. The van der Waals surface area contributed by atoms with E-state index in [2.05, 4.69) is 5.10 Å². The van der Waals surface area contributed by atoms with Crippen LogP contribution in [0.5, 0.6) is 0 Å². The number of hydrogen-bond acceptors (Lipinski definition) is 2. The molecule has 0 aliphatic carbocycles. The van der Waals surface area contributed by atoms with E-state index in [-0.39, 0.29) is 6.61 Å². The second-order valence-corrected chi connectivity index (χ2v) is 2.79. The van der Waals surface area contributed by atoms with Crippen LogP contribution in [0.25, 0.3) is 0 Å². The number of aliphatic hydroxyl groups excluding tert-OH is 1. The van der Waals surface area contributed by atoms with Crippen LogP contribution < -0.4 is 0 Å². The summed E-state index contributed by atoms with van der Waals surface area (Å²) in [4.78, 5) is 0. The summed E-state index contributed by atoms with van der Waals surface area (Å²) >= 11 is 5.76. The third kappa shape index (κ3) is 1.94. The van der Waals surface area contributed by atoms with Crippen LogP contribution in [-0.4, -0.2) is 21.5 Å². The van der Waals surface area contributed by atoms with E-state index >= 15 is 0 Å². The SMILES string of the molecule is Cc1c(Cl)cnn1CCCO. The highest BCUT2D eigenvalue weighted by atomic mass is 35.5. The lowest BCUT2D eigenvalue weighted by molar-refractivity contribution is 0.276. The molecule has 0 spiro atoms. The molecule has 4 heteroatoms. The molecule has 1 rings (SSSR count). The van der Waals surface area contributed by atoms with E-state index in [1.54, 1.807) is 10.9 Å². The minimum Gasteiger partial charge on any atom is -0.396 e. The van der Waals surface area contributed by atoms with Crippen LogP contribution in [0.4, 0.5) is 0 Å². The Morgan fingerprint density at radius 1 is 1.73 bits per heavy atom. The molecule has 1 N–H and O–H groups in total. The fourth-order valence-electron chi connectivity index (χ4n) is 0.870. The van der Waals surface area contributed by atoms with E-state index in [0.717, 1.165) is 18.7 Å². The molecule has 0 saturated heterocycles. The number of nitrogens with zero attached hydrogens (tertiary/aromatic N) is 2. The van der Waals surface area contributed by atoms with Gasteiger partial charge in [-0.05, 0) is 13.3 Å². The summed E-state index contributed by atoms with van der Waals surface area (Å²) in [6.45, 7) is 2.83. The maximum Gasteiger partial charge on any atom is 0.0814 e. The van der Waals surface area contributed by atoms with Crippen molar-refractivity contribution in [1.82, 2.24) is 9.78 Å². The van der Waals surface area contributed by atoms with Crippen LogP contribution >= 0.6 is 11.6 Å². The number of hydrogen-bond donors (Lipinski definition) is 1. The van der Waals surface area contributed by atoms with Gasteiger partial charge in [-0.25, -0.2) is 0 Å². The molecule has 0 radical (unpaired) electrons. The molecule has 0 aliphatic heterocycles. The van der Waals surface area contributed by atoms with Gasteiger partial charge in [-0.1, -0.05) is 11.6 Å². The van der Waals surface area contributed by atoms with Gasteiger partial charge in [0.1, 0.15) is 0 Å². The molecular formula is C7H11ClN2O. The van der Waals surface area contributed by atoms with Gasteiger partial charge >= 0.3 is 0 Å². The fourth-order valence-corrected chi connectivity index (χ4v) is 1.01. The van der Waals surface area contributed by atoms with Gasteiger partial charge in [-0.15, -0.1) is 0 Å². The van der Waals surface area contributed by atoms with Gasteiger partial charge in [-0.3, -0.25) is 4.68 Å². The van der Waals surface area contributed by atoms with Crippen LogP contribution in [0.3, 0.4) is 0 Å². The second-order valence-electron chi connectivity index (χ2n) is 2.38. The summed E-state index contributed by atoms with van der Waals surface area (Å²) in [6, 6.07) is 0. The maximum absolute atomic E-state index is 8.55. The third-order valence-electron chi connectivity index (χ3n) is 1.57. The van der Waals surface area contributed by atoms with Crippen LogP contribution in [-0.2, 0) is 6.54 Å². The zero-order valence-corrected chi connectivity index (χ0v) is 7.17. The Hall–Kier alpha value is -0.540. The lowest BCUT2D eigenvalue weighted by Gasteiger charge is -2.01. The average Bonchev–Trinajstić information content (AvgIpc) is 2.31. The zero-order valence-electron chi connectivity index (χ0n) is 6.42. The molecule has 1 aromatic heterocycles. The first-order chi connectivity index (χ1) is 5.25. The molecule has 1 aromatic rings. The molecule has 0 bridgehead atoms. The molecule has 62 valence electrons. The first kappa shape index (κ1) is 8.56. The normalized spacial score (nSPS) is 10.5. The minimum atomic E-state index is 0.191. The number of aromatic nitrogens is 2. The van der Waals surface area contributed by atoms with Crippen LogP contribution in [0, 0.1) is 6.92 Å². The van der Waals surface area contributed by atoms with Crippen molar-refractivity contribution in [1.29, 1.82) is 0 Å². The highest BCUT2D eigenvalue weighted by Crippen LogP contribution is 2.12. The molecule has 0 aliphatic rings. The first-order valence-electron chi connectivity index (χ1n) is 3.54. The van der Waals surface area contributed by atoms with Crippen molar-refractivity contribution >= 4 is 11.6 Å². The predicted molar refractivity (Wildman–Crippen MR) is 43.7 cm³/mol. The molecule has 0 amide bonds. The molecule has 0 saturated carbocycles. The summed E-state index contributed by atoms with van der Waals surface area (Å²) in [5.74, 6) is 0. The Bertz CT molecular complexity index is 234. The summed E-state index contributed by atoms with van der Waals surface area (Å²) in [5, 5.41) is 13.3. The van der Waals surface area contributed by atoms with E-state index in [1.807, 2.05) is 6.92 Å². The molecule has 0 unspecified atom stereocenters. The van der Waals surface area contributed by atoms with Crippen molar-refractivity contribution in [3.8, 4) is 0 Å². The number of rotatable bonds is 3. The molecule has 3 nitrogen and oxygen atoms in total. The highest BCUT2D eigenvalue weighted by Gasteiger charge is 2.01. The van der Waals surface area contributed by atoms with Gasteiger partial charge < -0.3 is 5.11 Å². The molecule has 0 aromatic carbocycles. The largest absolute Gasteiger partial charge is 0.396 e. The van der Waals surface area contributed by atoms with E-state index in [0.29, 0.717) is 5.02 Å². The van der Waals surface area contributed by atoms with Crippen molar-refractivity contribution in [2.45, 2.75) is 19.9 Å². The monoisotopic (exact) mass is 174 g/mol. The van der Waals surface area contributed by atoms with Crippen molar-refractivity contribution in [3.63, 3.8) is 0 Å². The predicted octanol–water partition coefficient (Wildman–Crippen LogP) is 1.23. The van der Waals surface area contributed by atoms with Gasteiger partial charge in [0.05, 0.1) is 16.9 Å². The number of halogens is 1. The lowest BCUT2D eigenvalue weighted by atomic mass is 10.4. The molecular weight excluding hydrogens is 164 g/mol. The maximum atomic E-state index is 8.55. The Labute approximate surface area is 70.6 Å². The van der Waals surface area contributed by atoms with Crippen LogP contribution in [0.1, 0.15) is 12.1 Å². The summed E-state index contributed by atoms with van der Waals surface area (Å²) in [7, 11) is 0. The van der Waals surface area contributed by atoms with Gasteiger partial charge in [0.2, 0.25) is 0 Å². The lowest BCUT2D eigenvalue weighted by Crippen LogP contribution is -2.03.